The van der Waals surface area contributed by atoms with E-state index in [1.54, 1.807) is 54.3 Å². The SMILES string of the molecule is CC(C(=O)Nc1cccc(NC(=O)C2(C(=O)O)CC3CCC2C3)c1)n1cccn1. The van der Waals surface area contributed by atoms with E-state index in [0.29, 0.717) is 23.7 Å². The van der Waals surface area contributed by atoms with Gasteiger partial charge in [0.2, 0.25) is 11.8 Å². The summed E-state index contributed by atoms with van der Waals surface area (Å²) in [6.45, 7) is 1.74. The Balaban J connectivity index is 1.47. The summed E-state index contributed by atoms with van der Waals surface area (Å²) in [6.07, 6.45) is 6.31. The number of hydrogen-bond acceptors (Lipinski definition) is 4. The van der Waals surface area contributed by atoms with Gasteiger partial charge in [0, 0.05) is 23.8 Å². The molecule has 2 amide bonds. The molecule has 0 saturated heterocycles. The smallest absolute Gasteiger partial charge is 0.319 e. The fourth-order valence-electron chi connectivity index (χ4n) is 4.76. The van der Waals surface area contributed by atoms with Gasteiger partial charge in [-0.3, -0.25) is 19.1 Å². The van der Waals surface area contributed by atoms with Crippen molar-refractivity contribution in [3.63, 3.8) is 0 Å². The largest absolute Gasteiger partial charge is 0.480 e. The summed E-state index contributed by atoms with van der Waals surface area (Å²) >= 11 is 0. The van der Waals surface area contributed by atoms with Gasteiger partial charge in [-0.2, -0.15) is 5.10 Å². The molecule has 3 N–H and O–H groups in total. The van der Waals surface area contributed by atoms with Gasteiger partial charge in [0.15, 0.2) is 0 Å². The molecular formula is C21H24N4O4. The zero-order chi connectivity index (χ0) is 20.6. The molecule has 2 bridgehead atoms. The maximum Gasteiger partial charge on any atom is 0.319 e. The first-order valence-corrected chi connectivity index (χ1v) is 9.85. The van der Waals surface area contributed by atoms with E-state index in [2.05, 4.69) is 15.7 Å². The van der Waals surface area contributed by atoms with Crippen molar-refractivity contribution in [3.05, 3.63) is 42.7 Å². The number of rotatable bonds is 6. The van der Waals surface area contributed by atoms with Crippen LogP contribution in [-0.2, 0) is 14.4 Å². The van der Waals surface area contributed by atoms with Crippen molar-refractivity contribution < 1.29 is 19.5 Å². The molecule has 29 heavy (non-hydrogen) atoms. The summed E-state index contributed by atoms with van der Waals surface area (Å²) in [5.74, 6) is -1.54. The quantitative estimate of drug-likeness (QED) is 0.650. The third kappa shape index (κ3) is 3.39. The van der Waals surface area contributed by atoms with E-state index in [-0.39, 0.29) is 11.8 Å². The van der Waals surface area contributed by atoms with Crippen molar-refractivity contribution in [1.29, 1.82) is 0 Å². The van der Waals surface area contributed by atoms with Crippen LogP contribution < -0.4 is 10.6 Å². The van der Waals surface area contributed by atoms with Gasteiger partial charge in [0.25, 0.3) is 0 Å². The van der Waals surface area contributed by atoms with E-state index in [0.717, 1.165) is 19.3 Å². The Kier molecular flexibility index (Phi) is 4.86. The molecule has 2 saturated carbocycles. The van der Waals surface area contributed by atoms with Crippen molar-refractivity contribution in [1.82, 2.24) is 9.78 Å². The van der Waals surface area contributed by atoms with Crippen LogP contribution >= 0.6 is 0 Å². The summed E-state index contributed by atoms with van der Waals surface area (Å²) in [5, 5.41) is 19.5. The zero-order valence-corrected chi connectivity index (χ0v) is 16.2. The number of carbonyl (C=O) groups excluding carboxylic acids is 2. The number of carbonyl (C=O) groups is 3. The molecule has 0 radical (unpaired) electrons. The molecule has 0 aliphatic heterocycles. The van der Waals surface area contributed by atoms with Gasteiger partial charge < -0.3 is 15.7 Å². The number of aromatic nitrogens is 2. The molecule has 2 aromatic rings. The van der Waals surface area contributed by atoms with Gasteiger partial charge in [-0.05, 0) is 62.3 Å². The summed E-state index contributed by atoms with van der Waals surface area (Å²) in [6, 6.07) is 7.99. The first-order chi connectivity index (χ1) is 13.9. The average Bonchev–Trinajstić information content (AvgIpc) is 3.44. The maximum absolute atomic E-state index is 13.0. The number of carboxylic acid groups (broad SMARTS) is 1. The van der Waals surface area contributed by atoms with E-state index in [1.807, 2.05) is 0 Å². The van der Waals surface area contributed by atoms with Crippen molar-refractivity contribution in [2.75, 3.05) is 10.6 Å². The van der Waals surface area contributed by atoms with Gasteiger partial charge in [-0.25, -0.2) is 0 Å². The summed E-state index contributed by atoms with van der Waals surface area (Å²) in [5.41, 5.74) is -0.372. The lowest BCUT2D eigenvalue weighted by atomic mass is 9.72. The molecule has 4 atom stereocenters. The van der Waals surface area contributed by atoms with Crippen LogP contribution in [0, 0.1) is 17.3 Å². The zero-order valence-electron chi connectivity index (χ0n) is 16.2. The molecule has 4 unspecified atom stereocenters. The molecule has 2 fully saturated rings. The number of nitrogens with one attached hydrogen (secondary N) is 2. The number of benzene rings is 1. The van der Waals surface area contributed by atoms with E-state index in [9.17, 15) is 19.5 Å². The lowest BCUT2D eigenvalue weighted by Crippen LogP contribution is -2.47. The van der Waals surface area contributed by atoms with Crippen molar-refractivity contribution in [2.24, 2.45) is 17.3 Å². The van der Waals surface area contributed by atoms with Crippen LogP contribution in [0.2, 0.25) is 0 Å². The number of fused-ring (bicyclic) bond motifs is 2. The number of aliphatic carboxylic acids is 1. The number of hydrogen-bond donors (Lipinski definition) is 3. The van der Waals surface area contributed by atoms with Crippen molar-refractivity contribution >= 4 is 29.2 Å². The second-order valence-electron chi connectivity index (χ2n) is 8.04. The molecule has 1 aromatic carbocycles. The number of carboxylic acids is 1. The lowest BCUT2D eigenvalue weighted by Gasteiger charge is -2.32. The Morgan fingerprint density at radius 3 is 2.55 bits per heavy atom. The molecule has 2 aliphatic carbocycles. The molecule has 1 aromatic heterocycles. The van der Waals surface area contributed by atoms with Crippen molar-refractivity contribution in [2.45, 2.75) is 38.6 Å². The Bertz CT molecular complexity index is 942. The van der Waals surface area contributed by atoms with E-state index >= 15 is 0 Å². The molecule has 152 valence electrons. The Labute approximate surface area is 168 Å². The standard InChI is InChI=1S/C21H24N4O4/c1-13(25-9-3-8-22-25)18(26)23-16-4-2-5-17(11-16)24-19(27)21(20(28)29)12-14-6-7-15(21)10-14/h2-5,8-9,11,13-15H,6-7,10,12H2,1H3,(H,23,26)(H,24,27)(H,28,29). The minimum atomic E-state index is -1.35. The molecule has 0 spiro atoms. The molecule has 1 heterocycles. The van der Waals surface area contributed by atoms with E-state index in [1.165, 1.54) is 0 Å². The predicted octanol–water partition coefficient (Wildman–Crippen LogP) is 2.91. The van der Waals surface area contributed by atoms with Crippen LogP contribution in [0.15, 0.2) is 42.7 Å². The highest BCUT2D eigenvalue weighted by atomic mass is 16.4. The monoisotopic (exact) mass is 396 g/mol. The fourth-order valence-corrected chi connectivity index (χ4v) is 4.76. The lowest BCUT2D eigenvalue weighted by molar-refractivity contribution is -0.157. The van der Waals surface area contributed by atoms with Crippen LogP contribution in [0.1, 0.15) is 38.6 Å². The molecule has 2 aliphatic rings. The summed E-state index contributed by atoms with van der Waals surface area (Å²) < 4.78 is 1.55. The topological polar surface area (TPSA) is 113 Å². The Morgan fingerprint density at radius 2 is 1.97 bits per heavy atom. The van der Waals surface area contributed by atoms with Crippen molar-refractivity contribution in [3.8, 4) is 0 Å². The average molecular weight is 396 g/mol. The minimum absolute atomic E-state index is 0.109. The number of anilines is 2. The Morgan fingerprint density at radius 1 is 1.21 bits per heavy atom. The number of amides is 2. The first kappa shape index (κ1) is 19.2. The first-order valence-electron chi connectivity index (χ1n) is 9.85. The minimum Gasteiger partial charge on any atom is -0.480 e. The third-order valence-electron chi connectivity index (χ3n) is 6.32. The van der Waals surface area contributed by atoms with Gasteiger partial charge >= 0.3 is 5.97 Å². The van der Waals surface area contributed by atoms with E-state index < -0.39 is 23.3 Å². The predicted molar refractivity (Wildman–Crippen MR) is 106 cm³/mol. The number of nitrogens with zero attached hydrogens (tertiary/aromatic N) is 2. The van der Waals surface area contributed by atoms with Crippen LogP contribution in [0.4, 0.5) is 11.4 Å². The van der Waals surface area contributed by atoms with Crippen LogP contribution in [0.25, 0.3) is 0 Å². The third-order valence-corrected chi connectivity index (χ3v) is 6.32. The summed E-state index contributed by atoms with van der Waals surface area (Å²) in [4.78, 5) is 37.4. The van der Waals surface area contributed by atoms with Gasteiger partial charge in [-0.15, -0.1) is 0 Å². The summed E-state index contributed by atoms with van der Waals surface area (Å²) in [7, 11) is 0. The normalized spacial score (nSPS) is 26.1. The molecule has 8 nitrogen and oxygen atoms in total. The maximum atomic E-state index is 13.0. The van der Waals surface area contributed by atoms with Crippen LogP contribution in [-0.4, -0.2) is 32.7 Å². The molecule has 8 heteroatoms. The van der Waals surface area contributed by atoms with Crippen LogP contribution in [0.5, 0.6) is 0 Å². The van der Waals surface area contributed by atoms with Gasteiger partial charge in [-0.1, -0.05) is 12.5 Å². The highest BCUT2D eigenvalue weighted by Crippen LogP contribution is 2.56. The highest BCUT2D eigenvalue weighted by Gasteiger charge is 2.60. The second kappa shape index (κ2) is 7.35. The van der Waals surface area contributed by atoms with E-state index in [4.69, 9.17) is 0 Å². The molecule has 4 rings (SSSR count). The van der Waals surface area contributed by atoms with Crippen LogP contribution in [0.3, 0.4) is 0 Å². The molecular weight excluding hydrogens is 372 g/mol. The highest BCUT2D eigenvalue weighted by molar-refractivity contribution is 6.09. The Hall–Kier alpha value is -3.16. The van der Waals surface area contributed by atoms with Gasteiger partial charge in [0.05, 0.1) is 0 Å². The fraction of sp³-hybridized carbons (Fsp3) is 0.429. The second-order valence-corrected chi connectivity index (χ2v) is 8.04. The van der Waals surface area contributed by atoms with Gasteiger partial charge in [0.1, 0.15) is 11.5 Å².